The van der Waals surface area contributed by atoms with Gasteiger partial charge in [0, 0.05) is 5.69 Å². The van der Waals surface area contributed by atoms with Gasteiger partial charge in [0.15, 0.2) is 6.61 Å². The summed E-state index contributed by atoms with van der Waals surface area (Å²) >= 11 is 3.78. The van der Waals surface area contributed by atoms with Crippen molar-refractivity contribution < 1.29 is 22.7 Å². The monoisotopic (exact) mass is 413 g/mol. The molecule has 1 N–H and O–H groups in total. The number of carbonyl (C=O) groups excluding carboxylic acids is 1. The van der Waals surface area contributed by atoms with Gasteiger partial charge < -0.3 is 10.1 Å². The Bertz CT molecular complexity index is 793. The second-order valence-corrected chi connectivity index (χ2v) is 8.64. The van der Waals surface area contributed by atoms with Gasteiger partial charge in [-0.3, -0.25) is 4.79 Å². The number of alkyl halides is 3. The third-order valence-electron chi connectivity index (χ3n) is 3.80. The van der Waals surface area contributed by atoms with E-state index >= 15 is 0 Å². The highest BCUT2D eigenvalue weighted by Crippen LogP contribution is 2.44. The lowest BCUT2D eigenvalue weighted by Crippen LogP contribution is -2.20. The van der Waals surface area contributed by atoms with E-state index in [9.17, 15) is 18.0 Å². The highest BCUT2D eigenvalue weighted by molar-refractivity contribution is 8.16. The molecule has 0 saturated carbocycles. The molecule has 2 aromatic rings. The summed E-state index contributed by atoms with van der Waals surface area (Å²) in [5.74, 6) is 1.83. The van der Waals surface area contributed by atoms with Crippen LogP contribution in [0.1, 0.15) is 22.1 Å². The fraction of sp³-hybridized carbons (Fsp3) is 0.316. The number of nitrogens with one attached hydrogen (secondary N) is 1. The van der Waals surface area contributed by atoms with E-state index in [0.717, 1.165) is 29.2 Å². The van der Waals surface area contributed by atoms with Gasteiger partial charge in [-0.1, -0.05) is 18.2 Å². The summed E-state index contributed by atoms with van der Waals surface area (Å²) in [5, 5.41) is 2.73. The molecule has 2 aromatic carbocycles. The van der Waals surface area contributed by atoms with E-state index in [4.69, 9.17) is 4.74 Å². The number of thioether (sulfide) groups is 2. The van der Waals surface area contributed by atoms with Crippen LogP contribution in [0.2, 0.25) is 0 Å². The number of anilines is 1. The molecule has 3 nitrogen and oxygen atoms in total. The van der Waals surface area contributed by atoms with Gasteiger partial charge in [-0.15, -0.1) is 23.5 Å². The van der Waals surface area contributed by atoms with Crippen molar-refractivity contribution >= 4 is 35.1 Å². The Hall–Kier alpha value is -1.80. The average Bonchev–Trinajstić information content (AvgIpc) is 2.67. The number of halogens is 3. The zero-order valence-electron chi connectivity index (χ0n) is 14.3. The molecule has 1 amide bonds. The van der Waals surface area contributed by atoms with Crippen molar-refractivity contribution in [2.24, 2.45) is 0 Å². The highest BCUT2D eigenvalue weighted by Gasteiger charge is 2.30. The maximum absolute atomic E-state index is 12.7. The van der Waals surface area contributed by atoms with Gasteiger partial charge in [0.05, 0.1) is 10.1 Å². The van der Waals surface area contributed by atoms with Crippen molar-refractivity contribution in [1.82, 2.24) is 0 Å². The quantitative estimate of drug-likeness (QED) is 0.693. The fourth-order valence-electron chi connectivity index (χ4n) is 2.55. The van der Waals surface area contributed by atoms with Gasteiger partial charge in [0.1, 0.15) is 5.75 Å². The van der Waals surface area contributed by atoms with Crippen LogP contribution in [0.15, 0.2) is 48.5 Å². The van der Waals surface area contributed by atoms with Crippen LogP contribution >= 0.6 is 23.5 Å². The zero-order valence-corrected chi connectivity index (χ0v) is 15.9. The van der Waals surface area contributed by atoms with Crippen molar-refractivity contribution in [1.29, 1.82) is 0 Å². The number of amides is 1. The standard InChI is InChI=1S/C19H18F3NO2S2/c20-19(21,22)14-5-2-7-16(11-14)25-12-17(24)23-15-6-1-4-13(10-15)18-26-8-3-9-27-18/h1-2,4-7,10-11,18H,3,8-9,12H2,(H,23,24). The first-order chi connectivity index (χ1) is 12.9. The topological polar surface area (TPSA) is 38.3 Å². The summed E-state index contributed by atoms with van der Waals surface area (Å²) in [6.07, 6.45) is -3.24. The number of hydrogen-bond acceptors (Lipinski definition) is 4. The van der Waals surface area contributed by atoms with Crippen LogP contribution < -0.4 is 10.1 Å². The lowest BCUT2D eigenvalue weighted by molar-refractivity contribution is -0.137. The molecule has 1 saturated heterocycles. The summed E-state index contributed by atoms with van der Waals surface area (Å²) in [5.41, 5.74) is 0.980. The molecule has 8 heteroatoms. The van der Waals surface area contributed by atoms with E-state index in [2.05, 4.69) is 5.32 Å². The van der Waals surface area contributed by atoms with Crippen LogP contribution in [0, 0.1) is 0 Å². The van der Waals surface area contributed by atoms with E-state index < -0.39 is 17.6 Å². The molecule has 27 heavy (non-hydrogen) atoms. The lowest BCUT2D eigenvalue weighted by atomic mass is 10.2. The molecule has 1 aliphatic heterocycles. The summed E-state index contributed by atoms with van der Waals surface area (Å²) in [6.45, 7) is -0.363. The molecule has 1 aliphatic rings. The Morgan fingerprint density at radius 3 is 2.59 bits per heavy atom. The molecule has 3 rings (SSSR count). The first kappa shape index (κ1) is 19.9. The minimum absolute atomic E-state index is 0.00345. The molecule has 144 valence electrons. The SMILES string of the molecule is O=C(COc1cccc(C(F)(F)F)c1)Nc1cccc(C2SCCCS2)c1. The molecule has 0 spiro atoms. The molecule has 0 aromatic heterocycles. The Kier molecular flexibility index (Phi) is 6.59. The van der Waals surface area contributed by atoms with Gasteiger partial charge in [-0.2, -0.15) is 13.2 Å². The van der Waals surface area contributed by atoms with Crippen molar-refractivity contribution in [2.45, 2.75) is 17.2 Å². The summed E-state index contributed by atoms with van der Waals surface area (Å²) < 4.78 is 43.7. The van der Waals surface area contributed by atoms with E-state index in [-0.39, 0.29) is 12.4 Å². The zero-order chi connectivity index (χ0) is 19.3. The number of carbonyl (C=O) groups is 1. The molecule has 0 atom stereocenters. The Labute approximate surface area is 164 Å². The van der Waals surface area contributed by atoms with Crippen molar-refractivity contribution in [3.05, 3.63) is 59.7 Å². The third kappa shape index (κ3) is 5.84. The normalized spacial score (nSPS) is 15.4. The van der Waals surface area contributed by atoms with Crippen molar-refractivity contribution in [2.75, 3.05) is 23.4 Å². The molecule has 1 fully saturated rings. The van der Waals surface area contributed by atoms with Crippen LogP contribution in [0.5, 0.6) is 5.75 Å². The summed E-state index contributed by atoms with van der Waals surface area (Å²) in [6, 6.07) is 12.1. The van der Waals surface area contributed by atoms with Crippen molar-refractivity contribution in [3.8, 4) is 5.75 Å². The lowest BCUT2D eigenvalue weighted by Gasteiger charge is -2.21. The van der Waals surface area contributed by atoms with E-state index in [1.54, 1.807) is 6.07 Å². The molecule has 0 radical (unpaired) electrons. The highest BCUT2D eigenvalue weighted by atomic mass is 32.2. The average molecular weight is 413 g/mol. The van der Waals surface area contributed by atoms with Crippen LogP contribution in [-0.2, 0) is 11.0 Å². The van der Waals surface area contributed by atoms with E-state index in [1.165, 1.54) is 18.6 Å². The molecule has 0 bridgehead atoms. The Morgan fingerprint density at radius 1 is 1.11 bits per heavy atom. The predicted octanol–water partition coefficient (Wildman–Crippen LogP) is 5.59. The maximum Gasteiger partial charge on any atom is 0.416 e. The van der Waals surface area contributed by atoms with E-state index in [0.29, 0.717) is 10.3 Å². The molecular weight excluding hydrogens is 395 g/mol. The fourth-order valence-corrected chi connectivity index (χ4v) is 5.42. The maximum atomic E-state index is 12.7. The number of benzene rings is 2. The van der Waals surface area contributed by atoms with Gasteiger partial charge >= 0.3 is 6.18 Å². The Balaban J connectivity index is 1.57. The van der Waals surface area contributed by atoms with Crippen LogP contribution in [-0.4, -0.2) is 24.0 Å². The summed E-state index contributed by atoms with van der Waals surface area (Å²) in [4.78, 5) is 12.1. The van der Waals surface area contributed by atoms with Crippen LogP contribution in [0.25, 0.3) is 0 Å². The third-order valence-corrected chi connectivity index (χ3v) is 6.82. The minimum Gasteiger partial charge on any atom is -0.484 e. The Morgan fingerprint density at radius 2 is 1.85 bits per heavy atom. The summed E-state index contributed by atoms with van der Waals surface area (Å²) in [7, 11) is 0. The van der Waals surface area contributed by atoms with E-state index in [1.807, 2.05) is 41.7 Å². The van der Waals surface area contributed by atoms with Crippen LogP contribution in [0.4, 0.5) is 18.9 Å². The number of hydrogen-bond donors (Lipinski definition) is 1. The molecule has 0 aliphatic carbocycles. The number of rotatable bonds is 5. The van der Waals surface area contributed by atoms with Crippen molar-refractivity contribution in [3.63, 3.8) is 0 Å². The number of ether oxygens (including phenoxy) is 1. The second-order valence-electron chi connectivity index (χ2n) is 5.91. The first-order valence-corrected chi connectivity index (χ1v) is 10.4. The second kappa shape index (κ2) is 8.93. The molecular formula is C19H18F3NO2S2. The van der Waals surface area contributed by atoms with Gasteiger partial charge in [0.2, 0.25) is 0 Å². The predicted molar refractivity (Wildman–Crippen MR) is 104 cm³/mol. The molecule has 0 unspecified atom stereocenters. The van der Waals surface area contributed by atoms with Gasteiger partial charge in [-0.25, -0.2) is 0 Å². The first-order valence-electron chi connectivity index (χ1n) is 8.35. The van der Waals surface area contributed by atoms with Crippen LogP contribution in [0.3, 0.4) is 0 Å². The van der Waals surface area contributed by atoms with Gasteiger partial charge in [-0.05, 0) is 53.8 Å². The smallest absolute Gasteiger partial charge is 0.416 e. The largest absolute Gasteiger partial charge is 0.484 e. The van der Waals surface area contributed by atoms with Gasteiger partial charge in [0.25, 0.3) is 5.91 Å². The molecule has 1 heterocycles. The minimum atomic E-state index is -4.45.